The summed E-state index contributed by atoms with van der Waals surface area (Å²) in [5, 5.41) is 13.5. The molecule has 5 nitrogen and oxygen atoms in total. The van der Waals surface area contributed by atoms with Crippen LogP contribution in [0.25, 0.3) is 6.08 Å². The average molecular weight is 324 g/mol. The molecule has 0 aliphatic heterocycles. The van der Waals surface area contributed by atoms with Crippen LogP contribution in [0.5, 0.6) is 11.5 Å². The molecule has 0 fully saturated rings. The first-order valence-corrected chi connectivity index (χ1v) is 7.62. The maximum atomic E-state index is 11.7. The van der Waals surface area contributed by atoms with E-state index < -0.39 is 0 Å². The molecule has 2 aromatic carbocycles. The number of carbonyl (C=O) groups excluding carboxylic acids is 1. The minimum absolute atomic E-state index is 0.0686. The number of nitrogens with one attached hydrogen (secondary N) is 1. The lowest BCUT2D eigenvalue weighted by Gasteiger charge is -2.05. The summed E-state index contributed by atoms with van der Waals surface area (Å²) in [6.07, 6.45) is 4.63. The number of hydrazone groups is 1. The highest BCUT2D eigenvalue weighted by atomic mass is 16.5. The third kappa shape index (κ3) is 5.28. The van der Waals surface area contributed by atoms with Gasteiger partial charge in [-0.1, -0.05) is 29.8 Å². The molecule has 0 radical (unpaired) electrons. The molecular weight excluding hydrogens is 304 g/mol. The van der Waals surface area contributed by atoms with E-state index in [1.165, 1.54) is 23.9 Å². The molecular formula is C19H20N2O3. The highest BCUT2D eigenvalue weighted by molar-refractivity contribution is 5.92. The number of aromatic hydroxyl groups is 1. The predicted octanol–water partition coefficient (Wildman–Crippen LogP) is 3.26. The Morgan fingerprint density at radius 1 is 1.21 bits per heavy atom. The van der Waals surface area contributed by atoms with Gasteiger partial charge >= 0.3 is 0 Å². The Labute approximate surface area is 141 Å². The lowest BCUT2D eigenvalue weighted by molar-refractivity contribution is -0.116. The van der Waals surface area contributed by atoms with Crippen LogP contribution in [0.3, 0.4) is 0 Å². The molecule has 0 spiro atoms. The summed E-state index contributed by atoms with van der Waals surface area (Å²) in [5.41, 5.74) is 5.24. The number of ether oxygens (including phenoxy) is 1. The Bertz CT molecular complexity index is 750. The molecule has 0 aromatic heterocycles. The van der Waals surface area contributed by atoms with Crippen LogP contribution in [0.2, 0.25) is 0 Å². The second kappa shape index (κ2) is 8.53. The van der Waals surface area contributed by atoms with Gasteiger partial charge in [0.1, 0.15) is 0 Å². The Balaban J connectivity index is 1.92. The zero-order chi connectivity index (χ0) is 17.4. The summed E-state index contributed by atoms with van der Waals surface area (Å²) in [6, 6.07) is 12.7. The normalized spacial score (nSPS) is 11.1. The minimum atomic E-state index is -0.323. The van der Waals surface area contributed by atoms with E-state index in [1.807, 2.05) is 38.1 Å². The number of carbonyl (C=O) groups is 1. The monoisotopic (exact) mass is 324 g/mol. The van der Waals surface area contributed by atoms with Crippen molar-refractivity contribution in [2.24, 2.45) is 5.10 Å². The Morgan fingerprint density at radius 3 is 2.62 bits per heavy atom. The summed E-state index contributed by atoms with van der Waals surface area (Å²) in [6.45, 7) is 4.30. The third-order valence-corrected chi connectivity index (χ3v) is 3.18. The molecule has 0 saturated carbocycles. The van der Waals surface area contributed by atoms with Crippen molar-refractivity contribution in [1.29, 1.82) is 0 Å². The second-order valence-corrected chi connectivity index (χ2v) is 5.14. The van der Waals surface area contributed by atoms with E-state index in [-0.39, 0.29) is 11.7 Å². The quantitative estimate of drug-likeness (QED) is 0.487. The molecule has 2 aromatic rings. The highest BCUT2D eigenvalue weighted by Crippen LogP contribution is 2.26. The average Bonchev–Trinajstić information content (AvgIpc) is 2.57. The Morgan fingerprint density at radius 2 is 1.92 bits per heavy atom. The van der Waals surface area contributed by atoms with E-state index in [0.29, 0.717) is 17.9 Å². The van der Waals surface area contributed by atoms with Gasteiger partial charge in [0, 0.05) is 6.08 Å². The van der Waals surface area contributed by atoms with Gasteiger partial charge in [0.25, 0.3) is 5.91 Å². The number of hydrogen-bond acceptors (Lipinski definition) is 4. The summed E-state index contributed by atoms with van der Waals surface area (Å²) >= 11 is 0. The second-order valence-electron chi connectivity index (χ2n) is 5.14. The van der Waals surface area contributed by atoms with Crippen molar-refractivity contribution in [3.8, 4) is 11.5 Å². The van der Waals surface area contributed by atoms with Gasteiger partial charge in [-0.15, -0.1) is 0 Å². The van der Waals surface area contributed by atoms with Crippen LogP contribution < -0.4 is 10.2 Å². The molecule has 1 amide bonds. The van der Waals surface area contributed by atoms with Gasteiger partial charge < -0.3 is 9.84 Å². The van der Waals surface area contributed by atoms with Crippen LogP contribution in [0.15, 0.2) is 53.6 Å². The predicted molar refractivity (Wildman–Crippen MR) is 95.2 cm³/mol. The van der Waals surface area contributed by atoms with Crippen LogP contribution in [0, 0.1) is 6.92 Å². The summed E-state index contributed by atoms with van der Waals surface area (Å²) in [5.74, 6) is 0.127. The fourth-order valence-electron chi connectivity index (χ4n) is 1.94. The number of phenols is 1. The van der Waals surface area contributed by atoms with Gasteiger partial charge in [-0.25, -0.2) is 5.43 Å². The number of amides is 1. The van der Waals surface area contributed by atoms with E-state index in [4.69, 9.17) is 4.74 Å². The summed E-state index contributed by atoms with van der Waals surface area (Å²) in [4.78, 5) is 11.7. The van der Waals surface area contributed by atoms with Crippen molar-refractivity contribution < 1.29 is 14.6 Å². The van der Waals surface area contributed by atoms with Gasteiger partial charge in [0.15, 0.2) is 11.5 Å². The van der Waals surface area contributed by atoms with Crippen molar-refractivity contribution in [1.82, 2.24) is 5.43 Å². The smallest absolute Gasteiger partial charge is 0.264 e. The molecule has 2 N–H and O–H groups in total. The zero-order valence-electron chi connectivity index (χ0n) is 13.7. The SMILES string of the molecule is CCOc1cc(/C=N/NC(=O)/C=C/c2ccc(C)cc2)ccc1O. The first-order valence-electron chi connectivity index (χ1n) is 7.62. The van der Waals surface area contributed by atoms with E-state index >= 15 is 0 Å². The van der Waals surface area contributed by atoms with Crippen LogP contribution in [-0.2, 0) is 4.79 Å². The van der Waals surface area contributed by atoms with Crippen LogP contribution in [-0.4, -0.2) is 23.8 Å². The fourth-order valence-corrected chi connectivity index (χ4v) is 1.94. The molecule has 0 aliphatic carbocycles. The van der Waals surface area contributed by atoms with Crippen LogP contribution >= 0.6 is 0 Å². The topological polar surface area (TPSA) is 70.9 Å². The molecule has 2 rings (SSSR count). The Hall–Kier alpha value is -3.08. The van der Waals surface area contributed by atoms with Crippen LogP contribution in [0.4, 0.5) is 0 Å². The van der Waals surface area contributed by atoms with Crippen molar-refractivity contribution >= 4 is 18.2 Å². The molecule has 0 bridgehead atoms. The van der Waals surface area contributed by atoms with Gasteiger partial charge in [-0.05, 0) is 49.2 Å². The zero-order valence-corrected chi connectivity index (χ0v) is 13.7. The molecule has 0 unspecified atom stereocenters. The largest absolute Gasteiger partial charge is 0.504 e. The molecule has 0 atom stereocenters. The number of hydrogen-bond donors (Lipinski definition) is 2. The van der Waals surface area contributed by atoms with Crippen molar-refractivity contribution in [2.75, 3.05) is 6.61 Å². The molecule has 5 heteroatoms. The van der Waals surface area contributed by atoms with E-state index in [9.17, 15) is 9.90 Å². The van der Waals surface area contributed by atoms with E-state index in [0.717, 1.165) is 5.56 Å². The number of phenolic OH excluding ortho intramolecular Hbond substituents is 1. The minimum Gasteiger partial charge on any atom is -0.504 e. The third-order valence-electron chi connectivity index (χ3n) is 3.18. The Kier molecular flexibility index (Phi) is 6.14. The number of aryl methyl sites for hydroxylation is 1. The van der Waals surface area contributed by atoms with Gasteiger partial charge in [0.05, 0.1) is 12.8 Å². The van der Waals surface area contributed by atoms with E-state index in [2.05, 4.69) is 10.5 Å². The summed E-state index contributed by atoms with van der Waals surface area (Å²) < 4.78 is 5.29. The van der Waals surface area contributed by atoms with Gasteiger partial charge in [-0.2, -0.15) is 5.10 Å². The van der Waals surface area contributed by atoms with Gasteiger partial charge in [-0.3, -0.25) is 4.79 Å². The summed E-state index contributed by atoms with van der Waals surface area (Å²) in [7, 11) is 0. The molecule has 0 aliphatic rings. The van der Waals surface area contributed by atoms with Crippen LogP contribution in [0.1, 0.15) is 23.6 Å². The first-order chi connectivity index (χ1) is 11.6. The maximum Gasteiger partial charge on any atom is 0.264 e. The molecule has 0 saturated heterocycles. The van der Waals surface area contributed by atoms with E-state index in [1.54, 1.807) is 18.2 Å². The number of rotatable bonds is 6. The van der Waals surface area contributed by atoms with Crippen molar-refractivity contribution in [3.63, 3.8) is 0 Å². The van der Waals surface area contributed by atoms with Crippen molar-refractivity contribution in [2.45, 2.75) is 13.8 Å². The van der Waals surface area contributed by atoms with Crippen molar-refractivity contribution in [3.05, 3.63) is 65.2 Å². The lowest BCUT2D eigenvalue weighted by atomic mass is 10.1. The molecule has 24 heavy (non-hydrogen) atoms. The highest BCUT2D eigenvalue weighted by Gasteiger charge is 2.02. The van der Waals surface area contributed by atoms with Gasteiger partial charge in [0.2, 0.25) is 0 Å². The fraction of sp³-hybridized carbons (Fsp3) is 0.158. The maximum absolute atomic E-state index is 11.7. The lowest BCUT2D eigenvalue weighted by Crippen LogP contribution is -2.14. The number of nitrogens with zero attached hydrogens (tertiary/aromatic N) is 1. The number of benzene rings is 2. The first kappa shape index (κ1) is 17.3. The standard InChI is InChI=1S/C19H20N2O3/c1-3-24-18-12-16(8-10-17(18)22)13-20-21-19(23)11-9-15-6-4-14(2)5-7-15/h4-13,22H,3H2,1-2H3,(H,21,23)/b11-9+,20-13+. The molecule has 0 heterocycles. The molecule has 124 valence electrons.